The van der Waals surface area contributed by atoms with Gasteiger partial charge >= 0.3 is 0 Å². The minimum atomic E-state index is -0.750. The van der Waals surface area contributed by atoms with E-state index in [0.717, 1.165) is 62.3 Å². The van der Waals surface area contributed by atoms with Gasteiger partial charge in [-0.1, -0.05) is 31.0 Å². The summed E-state index contributed by atoms with van der Waals surface area (Å²) in [5.41, 5.74) is 3.13. The lowest BCUT2D eigenvalue weighted by Crippen LogP contribution is -2.72. The molecule has 5 fully saturated rings. The van der Waals surface area contributed by atoms with Crippen LogP contribution in [0, 0.1) is 34.5 Å². The molecule has 2 amide bonds. The maximum atomic E-state index is 14.0. The van der Waals surface area contributed by atoms with Crippen LogP contribution < -0.4 is 15.4 Å². The molecule has 2 spiro atoms. The van der Waals surface area contributed by atoms with Crippen molar-refractivity contribution in [3.05, 3.63) is 53.1 Å². The van der Waals surface area contributed by atoms with Crippen LogP contribution in [0.5, 0.6) is 17.2 Å². The Balaban J connectivity index is 1.14. The standard InChI is InChI=1S/C39H50N2O6/c1-22(40-36(45)31(41-23(2)42)17-25-6-9-28(43)10-7-25)30-20-38-14-15-39(30,46-3)33(21-38)47-34-29-12-13-37(18-26(29)8-11-32(34)44)19-27(35(37)38)16-24-4-5-24/h6-11,22,24,27,30-31,33,35,43-44H,4-5,12-21H2,1-3H3,(H,40,45)(H,41,42)/t22-,27?,30-,31+,33-,35-,37?,38+,39-/m1/s1. The zero-order valence-electron chi connectivity index (χ0n) is 28.0. The van der Waals surface area contributed by atoms with Gasteiger partial charge in [-0.25, -0.2) is 0 Å². The lowest BCUT2D eigenvalue weighted by molar-refractivity contribution is -0.268. The third-order valence-corrected chi connectivity index (χ3v) is 13.6. The van der Waals surface area contributed by atoms with Crippen molar-refractivity contribution in [2.45, 2.75) is 115 Å². The molecule has 252 valence electrons. The van der Waals surface area contributed by atoms with Gasteiger partial charge in [0.1, 0.15) is 23.5 Å². The number of aromatic hydroxyl groups is 2. The topological polar surface area (TPSA) is 117 Å². The third-order valence-electron chi connectivity index (χ3n) is 13.6. The molecule has 8 heteroatoms. The van der Waals surface area contributed by atoms with Gasteiger partial charge < -0.3 is 30.3 Å². The summed E-state index contributed by atoms with van der Waals surface area (Å²) in [6.45, 7) is 3.53. The fourth-order valence-electron chi connectivity index (χ4n) is 11.7. The summed E-state index contributed by atoms with van der Waals surface area (Å²) in [5, 5.41) is 27.1. The number of carbonyl (C=O) groups excluding carboxylic acids is 2. The number of fused-ring (bicyclic) bond motifs is 3. The van der Waals surface area contributed by atoms with Crippen LogP contribution >= 0.6 is 0 Å². The van der Waals surface area contributed by atoms with Gasteiger partial charge in [-0.2, -0.15) is 0 Å². The van der Waals surface area contributed by atoms with Crippen molar-refractivity contribution >= 4 is 11.8 Å². The summed E-state index contributed by atoms with van der Waals surface area (Å²) in [6.07, 6.45) is 12.5. The van der Waals surface area contributed by atoms with Crippen LogP contribution in [0.15, 0.2) is 36.4 Å². The number of ether oxygens (including phenoxy) is 2. The molecule has 4 N–H and O–H groups in total. The Labute approximate surface area is 278 Å². The van der Waals surface area contributed by atoms with E-state index in [2.05, 4.69) is 23.6 Å². The molecule has 6 aliphatic carbocycles. The molecule has 10 rings (SSSR count). The lowest BCUT2D eigenvalue weighted by atomic mass is 9.35. The van der Waals surface area contributed by atoms with E-state index in [1.54, 1.807) is 31.4 Å². The van der Waals surface area contributed by atoms with E-state index in [0.29, 0.717) is 18.1 Å². The van der Waals surface area contributed by atoms with E-state index in [-0.39, 0.29) is 52.2 Å². The van der Waals surface area contributed by atoms with Crippen molar-refractivity contribution in [2.75, 3.05) is 7.11 Å². The Bertz CT molecular complexity index is 1570. The zero-order chi connectivity index (χ0) is 32.7. The first kappa shape index (κ1) is 31.0. The second kappa shape index (κ2) is 11.1. The number of benzene rings is 2. The Morgan fingerprint density at radius 1 is 1.00 bits per heavy atom. The minimum Gasteiger partial charge on any atom is -0.508 e. The van der Waals surface area contributed by atoms with Gasteiger partial charge in [0.05, 0.1) is 0 Å². The molecule has 8 aliphatic rings. The van der Waals surface area contributed by atoms with Gasteiger partial charge in [0.15, 0.2) is 11.5 Å². The average molecular weight is 643 g/mol. The normalized spacial score (nSPS) is 35.9. The highest BCUT2D eigenvalue weighted by atomic mass is 16.6. The summed E-state index contributed by atoms with van der Waals surface area (Å²) >= 11 is 0. The molecule has 2 unspecified atom stereocenters. The van der Waals surface area contributed by atoms with Crippen LogP contribution in [0.25, 0.3) is 0 Å². The second-order valence-corrected chi connectivity index (χ2v) is 16.3. The van der Waals surface area contributed by atoms with Gasteiger partial charge in [-0.3, -0.25) is 9.59 Å². The Morgan fingerprint density at radius 3 is 2.51 bits per heavy atom. The van der Waals surface area contributed by atoms with Gasteiger partial charge in [-0.15, -0.1) is 0 Å². The van der Waals surface area contributed by atoms with E-state index in [4.69, 9.17) is 9.47 Å². The van der Waals surface area contributed by atoms with E-state index in [9.17, 15) is 19.8 Å². The maximum absolute atomic E-state index is 14.0. The predicted octanol–water partition coefficient (Wildman–Crippen LogP) is 5.60. The van der Waals surface area contributed by atoms with Crippen molar-refractivity contribution < 1.29 is 29.3 Å². The zero-order valence-corrected chi connectivity index (χ0v) is 28.0. The Hall–Kier alpha value is -3.26. The minimum absolute atomic E-state index is 0.00287. The third kappa shape index (κ3) is 5.03. The highest BCUT2D eigenvalue weighted by Gasteiger charge is 2.71. The fourth-order valence-corrected chi connectivity index (χ4v) is 11.7. The first-order valence-electron chi connectivity index (χ1n) is 18.0. The molecule has 2 aromatic carbocycles. The maximum Gasteiger partial charge on any atom is 0.243 e. The molecular weight excluding hydrogens is 592 g/mol. The predicted molar refractivity (Wildman–Crippen MR) is 177 cm³/mol. The number of hydrogen-bond donors (Lipinski definition) is 4. The monoisotopic (exact) mass is 642 g/mol. The molecule has 8 nitrogen and oxygen atoms in total. The largest absolute Gasteiger partial charge is 0.508 e. The first-order chi connectivity index (χ1) is 22.5. The molecule has 5 saturated carbocycles. The molecule has 0 aromatic heterocycles. The van der Waals surface area contributed by atoms with E-state index in [1.807, 2.05) is 6.07 Å². The van der Waals surface area contributed by atoms with Crippen LogP contribution in [0.1, 0.15) is 88.3 Å². The second-order valence-electron chi connectivity index (χ2n) is 16.3. The highest BCUT2D eigenvalue weighted by molar-refractivity contribution is 5.87. The lowest BCUT2D eigenvalue weighted by Gasteiger charge is -2.72. The summed E-state index contributed by atoms with van der Waals surface area (Å²) in [6, 6.07) is 9.75. The number of amides is 2. The van der Waals surface area contributed by atoms with Gasteiger partial charge in [-0.05, 0) is 123 Å². The molecule has 2 aromatic rings. The Kier molecular flexibility index (Phi) is 7.36. The van der Waals surface area contributed by atoms with Crippen molar-refractivity contribution in [1.29, 1.82) is 0 Å². The molecule has 2 aliphatic heterocycles. The van der Waals surface area contributed by atoms with Gasteiger partial charge in [0.25, 0.3) is 0 Å². The average Bonchev–Trinajstić information content (AvgIpc) is 3.86. The summed E-state index contributed by atoms with van der Waals surface area (Å²) < 4.78 is 13.6. The molecule has 9 atom stereocenters. The number of phenolic OH excluding ortho intramolecular Hbond substituents is 2. The van der Waals surface area contributed by atoms with Gasteiger partial charge in [0, 0.05) is 38.0 Å². The highest BCUT2D eigenvalue weighted by Crippen LogP contribution is 2.74. The molecular formula is C39H50N2O6. The van der Waals surface area contributed by atoms with Crippen LogP contribution in [0.3, 0.4) is 0 Å². The SMILES string of the molecule is CO[C@]12CC[C@]3(C[C@@H]1[C@@H](C)NC(=O)[C@H](Cc1ccc(O)cc1)NC(C)=O)C[C@H]2Oc1c(O)ccc2c1CCC1(C2)CC(CC2CC2)[C@H]13. The summed E-state index contributed by atoms with van der Waals surface area (Å²) in [4.78, 5) is 26.2. The smallest absolute Gasteiger partial charge is 0.243 e. The fraction of sp³-hybridized carbons (Fsp3) is 0.641. The number of carbonyl (C=O) groups is 2. The first-order valence-corrected chi connectivity index (χ1v) is 18.0. The molecule has 0 radical (unpaired) electrons. The molecule has 2 heterocycles. The van der Waals surface area contributed by atoms with Crippen molar-refractivity contribution in [1.82, 2.24) is 10.6 Å². The number of hydrogen-bond acceptors (Lipinski definition) is 6. The van der Waals surface area contributed by atoms with Crippen LogP contribution in [0.2, 0.25) is 0 Å². The van der Waals surface area contributed by atoms with Crippen molar-refractivity contribution in [3.63, 3.8) is 0 Å². The number of nitrogens with one attached hydrogen (secondary N) is 2. The number of methoxy groups -OCH3 is 1. The van der Waals surface area contributed by atoms with E-state index < -0.39 is 11.6 Å². The number of phenols is 2. The van der Waals surface area contributed by atoms with Crippen molar-refractivity contribution in [2.24, 2.45) is 34.5 Å². The van der Waals surface area contributed by atoms with Crippen LogP contribution in [0.4, 0.5) is 0 Å². The molecule has 7 bridgehead atoms. The molecule has 47 heavy (non-hydrogen) atoms. The van der Waals surface area contributed by atoms with Crippen LogP contribution in [-0.2, 0) is 33.6 Å². The molecule has 0 saturated heterocycles. The summed E-state index contributed by atoms with van der Waals surface area (Å²) in [7, 11) is 1.79. The Morgan fingerprint density at radius 2 is 1.79 bits per heavy atom. The van der Waals surface area contributed by atoms with Crippen molar-refractivity contribution in [3.8, 4) is 17.2 Å². The van der Waals surface area contributed by atoms with E-state index in [1.165, 1.54) is 43.7 Å². The van der Waals surface area contributed by atoms with Gasteiger partial charge in [0.2, 0.25) is 11.8 Å². The summed E-state index contributed by atoms with van der Waals surface area (Å²) in [5.74, 6) is 2.76. The van der Waals surface area contributed by atoms with E-state index >= 15 is 0 Å². The van der Waals surface area contributed by atoms with Crippen LogP contribution in [-0.4, -0.2) is 52.9 Å². The number of rotatable bonds is 9. The quantitative estimate of drug-likeness (QED) is 0.283.